The lowest BCUT2D eigenvalue weighted by Crippen LogP contribution is -1.91. The standard InChI is InChI=1S/C64H38.CH4/c1-5-17-39(18-6-1)43-31-33-47(40-19-7-2-8-20-40)53(35-43)45-32-34-48-50-28-16-29-51-60(50)55(54(48)36-45)38-57-58(41-21-9-3-10-22-41)63-52-30-15-27-49-46-26-14-13-25-44(46)37-56(61(49)52)64(63)59(62(51)57)42-23-11-4-12-24-42;/h1-38H;1H4. The lowest BCUT2D eigenvalue weighted by molar-refractivity contribution is 1.57. The zero-order valence-corrected chi connectivity index (χ0v) is 34.9. The number of benzene rings is 12. The van der Waals surface area contributed by atoms with E-state index in [1.165, 1.54) is 142 Å². The Morgan fingerprint density at radius 2 is 0.708 bits per heavy atom. The fraction of sp³-hybridized carbons (Fsp3) is 0.0154. The van der Waals surface area contributed by atoms with Gasteiger partial charge in [0.15, 0.2) is 0 Å². The van der Waals surface area contributed by atoms with Crippen LogP contribution in [0.5, 0.6) is 0 Å². The van der Waals surface area contributed by atoms with Crippen LogP contribution in [0.1, 0.15) is 7.43 Å². The van der Waals surface area contributed by atoms with E-state index in [0.29, 0.717) is 0 Å². The molecular formula is C65H42. The van der Waals surface area contributed by atoms with Gasteiger partial charge in [0, 0.05) is 0 Å². The van der Waals surface area contributed by atoms with Crippen LogP contribution in [-0.2, 0) is 0 Å². The first-order valence-corrected chi connectivity index (χ1v) is 22.3. The molecule has 0 saturated carbocycles. The Morgan fingerprint density at radius 3 is 1.42 bits per heavy atom. The second-order valence-electron chi connectivity index (χ2n) is 17.4. The first-order chi connectivity index (χ1) is 31.8. The molecule has 0 aliphatic rings. The summed E-state index contributed by atoms with van der Waals surface area (Å²) in [4.78, 5) is 0. The third-order valence-corrected chi connectivity index (χ3v) is 14.1. The Kier molecular flexibility index (Phi) is 8.23. The van der Waals surface area contributed by atoms with Crippen molar-refractivity contribution in [1.29, 1.82) is 0 Å². The van der Waals surface area contributed by atoms with Crippen molar-refractivity contribution < 1.29 is 0 Å². The van der Waals surface area contributed by atoms with Crippen LogP contribution >= 0.6 is 0 Å². The molecule has 0 atom stereocenters. The first-order valence-electron chi connectivity index (χ1n) is 22.3. The molecule has 65 heavy (non-hydrogen) atoms. The molecule has 0 aliphatic heterocycles. The highest BCUT2D eigenvalue weighted by atomic mass is 14.3. The maximum absolute atomic E-state index is 2.56. The predicted molar refractivity (Wildman–Crippen MR) is 283 cm³/mol. The molecule has 302 valence electrons. The lowest BCUT2D eigenvalue weighted by Gasteiger charge is -2.19. The summed E-state index contributed by atoms with van der Waals surface area (Å²) in [6.07, 6.45) is 0. The molecule has 14 rings (SSSR count). The van der Waals surface area contributed by atoms with Crippen molar-refractivity contribution >= 4 is 86.2 Å². The minimum Gasteiger partial charge on any atom is -0.0776 e. The predicted octanol–water partition coefficient (Wildman–Crippen LogP) is 18.8. The molecule has 0 unspecified atom stereocenters. The molecule has 14 aromatic carbocycles. The molecule has 0 saturated heterocycles. The molecule has 14 aromatic rings. The monoisotopic (exact) mass is 822 g/mol. The van der Waals surface area contributed by atoms with Gasteiger partial charge < -0.3 is 0 Å². The fourth-order valence-corrected chi connectivity index (χ4v) is 11.4. The van der Waals surface area contributed by atoms with Crippen LogP contribution in [0.25, 0.3) is 142 Å². The third kappa shape index (κ3) is 5.38. The van der Waals surface area contributed by atoms with Crippen LogP contribution in [0.3, 0.4) is 0 Å². The molecule has 0 aliphatic carbocycles. The second kappa shape index (κ2) is 14.4. The lowest BCUT2D eigenvalue weighted by atomic mass is 9.83. The maximum atomic E-state index is 2.56. The SMILES string of the molecule is C.c1ccc(-c2ccc(-c3ccccc3)c(-c3ccc4c(c3)c3cc5c(-c6ccccc6)c6c7cccc8c9ccccc9cc(c6c(-c6ccccc6)c5c5cccc4c35)c87)c2)cc1. The summed E-state index contributed by atoms with van der Waals surface area (Å²) in [5.41, 5.74) is 12.4. The van der Waals surface area contributed by atoms with Gasteiger partial charge in [-0.1, -0.05) is 214 Å². The van der Waals surface area contributed by atoms with E-state index in [1.54, 1.807) is 0 Å². The van der Waals surface area contributed by atoms with E-state index in [2.05, 4.69) is 231 Å². The molecule has 0 bridgehead atoms. The molecule has 0 heteroatoms. The van der Waals surface area contributed by atoms with Gasteiger partial charge in [-0.25, -0.2) is 0 Å². The minimum absolute atomic E-state index is 0. The number of fused-ring (bicyclic) bond motifs is 10. The van der Waals surface area contributed by atoms with E-state index >= 15 is 0 Å². The van der Waals surface area contributed by atoms with Crippen LogP contribution in [0, 0.1) is 0 Å². The zero-order valence-electron chi connectivity index (χ0n) is 34.9. The van der Waals surface area contributed by atoms with E-state index in [1.807, 2.05) is 0 Å². The van der Waals surface area contributed by atoms with Gasteiger partial charge in [-0.2, -0.15) is 0 Å². The molecule has 0 spiro atoms. The average molecular weight is 823 g/mol. The number of hydrogen-bond acceptors (Lipinski definition) is 0. The quantitative estimate of drug-likeness (QED) is 0.152. The summed E-state index contributed by atoms with van der Waals surface area (Å²) in [5.74, 6) is 0. The second-order valence-corrected chi connectivity index (χ2v) is 17.4. The van der Waals surface area contributed by atoms with E-state index in [4.69, 9.17) is 0 Å². The Morgan fingerprint density at radius 1 is 0.185 bits per heavy atom. The Labute approximate surface area is 377 Å². The van der Waals surface area contributed by atoms with Crippen LogP contribution in [0.4, 0.5) is 0 Å². The van der Waals surface area contributed by atoms with Gasteiger partial charge in [-0.15, -0.1) is 0 Å². The van der Waals surface area contributed by atoms with E-state index in [0.717, 1.165) is 0 Å². The average Bonchev–Trinajstić information content (AvgIpc) is 3.87. The van der Waals surface area contributed by atoms with Gasteiger partial charge in [0.25, 0.3) is 0 Å². The minimum atomic E-state index is 0. The van der Waals surface area contributed by atoms with Crippen LogP contribution in [0.15, 0.2) is 231 Å². The van der Waals surface area contributed by atoms with Crippen LogP contribution in [-0.4, -0.2) is 0 Å². The molecule has 0 amide bonds. The van der Waals surface area contributed by atoms with Gasteiger partial charge in [-0.3, -0.25) is 0 Å². The zero-order chi connectivity index (χ0) is 41.9. The molecular weight excluding hydrogens is 781 g/mol. The van der Waals surface area contributed by atoms with Crippen molar-refractivity contribution in [2.24, 2.45) is 0 Å². The van der Waals surface area contributed by atoms with E-state index in [9.17, 15) is 0 Å². The van der Waals surface area contributed by atoms with E-state index < -0.39 is 0 Å². The molecule has 0 heterocycles. The smallest absolute Gasteiger partial charge is 0.000697 e. The van der Waals surface area contributed by atoms with E-state index in [-0.39, 0.29) is 7.43 Å². The molecule has 0 nitrogen and oxygen atoms in total. The summed E-state index contributed by atoms with van der Waals surface area (Å²) in [7, 11) is 0. The maximum Gasteiger partial charge on any atom is -0.000697 e. The fourth-order valence-electron chi connectivity index (χ4n) is 11.4. The summed E-state index contributed by atoms with van der Waals surface area (Å²) < 4.78 is 0. The van der Waals surface area contributed by atoms with Crippen LogP contribution in [0.2, 0.25) is 0 Å². The van der Waals surface area contributed by atoms with Crippen LogP contribution < -0.4 is 0 Å². The molecule has 0 N–H and O–H groups in total. The van der Waals surface area contributed by atoms with Gasteiger partial charge in [0.2, 0.25) is 0 Å². The summed E-state index contributed by atoms with van der Waals surface area (Å²) >= 11 is 0. The third-order valence-electron chi connectivity index (χ3n) is 14.1. The first kappa shape index (κ1) is 37.3. The van der Waals surface area contributed by atoms with Crippen molar-refractivity contribution in [3.05, 3.63) is 231 Å². The van der Waals surface area contributed by atoms with Crippen molar-refractivity contribution in [2.75, 3.05) is 0 Å². The highest BCUT2D eigenvalue weighted by molar-refractivity contribution is 6.46. The topological polar surface area (TPSA) is 0 Å². The van der Waals surface area contributed by atoms with Crippen molar-refractivity contribution in [1.82, 2.24) is 0 Å². The summed E-state index contributed by atoms with van der Waals surface area (Å²) in [6.45, 7) is 0. The van der Waals surface area contributed by atoms with Crippen molar-refractivity contribution in [3.63, 3.8) is 0 Å². The highest BCUT2D eigenvalue weighted by Crippen LogP contribution is 2.55. The van der Waals surface area contributed by atoms with Gasteiger partial charge in [0.05, 0.1) is 0 Å². The molecule has 0 radical (unpaired) electrons. The summed E-state index contributed by atoms with van der Waals surface area (Å²) in [5, 5.41) is 20.9. The normalized spacial score (nSPS) is 11.9. The highest BCUT2D eigenvalue weighted by Gasteiger charge is 2.27. The molecule has 0 aromatic heterocycles. The molecule has 0 fully saturated rings. The van der Waals surface area contributed by atoms with Gasteiger partial charge in [0.1, 0.15) is 0 Å². The Balaban J connectivity index is 0.00000423. The summed E-state index contributed by atoms with van der Waals surface area (Å²) in [6, 6.07) is 86.0. The van der Waals surface area contributed by atoms with Crippen molar-refractivity contribution in [3.8, 4) is 55.6 Å². The largest absolute Gasteiger partial charge is 0.0776 e. The Hall–Kier alpha value is -8.32. The van der Waals surface area contributed by atoms with Gasteiger partial charge >= 0.3 is 0 Å². The van der Waals surface area contributed by atoms with Gasteiger partial charge in [-0.05, 0) is 166 Å². The Bertz CT molecular complexity index is 4130. The van der Waals surface area contributed by atoms with Crippen molar-refractivity contribution in [2.45, 2.75) is 7.43 Å². The number of rotatable bonds is 5. The number of hydrogen-bond donors (Lipinski definition) is 0.